The van der Waals surface area contributed by atoms with Crippen LogP contribution in [-0.4, -0.2) is 10.7 Å². The maximum Gasteiger partial charge on any atom is 0.416 e. The minimum atomic E-state index is -4.74. The Hall–Kier alpha value is -2.77. The number of carbonyl (C=O) groups excluding carboxylic acids is 1. The van der Waals surface area contributed by atoms with Gasteiger partial charge in [-0.2, -0.15) is 13.2 Å². The normalized spacial score (nSPS) is 11.3. The van der Waals surface area contributed by atoms with Gasteiger partial charge in [0.2, 0.25) is 0 Å². The highest BCUT2D eigenvalue weighted by atomic mass is 19.4. The molecule has 0 radical (unpaired) electrons. The lowest BCUT2D eigenvalue weighted by molar-refractivity contribution is -0.385. The van der Waals surface area contributed by atoms with E-state index in [0.29, 0.717) is 17.7 Å². The van der Waals surface area contributed by atoms with Gasteiger partial charge in [-0.1, -0.05) is 12.1 Å². The maximum absolute atomic E-state index is 12.8. The fourth-order valence-electron chi connectivity index (χ4n) is 2.14. The van der Waals surface area contributed by atoms with Gasteiger partial charge in [-0.15, -0.1) is 0 Å². The zero-order chi connectivity index (χ0) is 17.9. The van der Waals surface area contributed by atoms with Crippen molar-refractivity contribution >= 4 is 11.5 Å². The standard InChI is InChI=1S/C16H11F4NO3/c17-12-5-1-10(2-6-12)3-8-15(22)13-7-4-11(16(18,19)20)9-14(13)21(23)24/h1-2,4-7,9H,3,8H2. The molecule has 0 saturated carbocycles. The number of alkyl halides is 3. The number of nitrogens with zero attached hydrogens (tertiary/aromatic N) is 1. The average molecular weight is 341 g/mol. The summed E-state index contributed by atoms with van der Waals surface area (Å²) in [5.74, 6) is -1.09. The van der Waals surface area contributed by atoms with E-state index in [1.807, 2.05) is 0 Å². The summed E-state index contributed by atoms with van der Waals surface area (Å²) in [6.07, 6.45) is -4.68. The SMILES string of the molecule is O=C(CCc1ccc(F)cc1)c1ccc(C(F)(F)F)cc1[N+](=O)[O-]. The number of halogens is 4. The Balaban J connectivity index is 2.22. The minimum absolute atomic E-state index is 0.141. The molecule has 8 heteroatoms. The van der Waals surface area contributed by atoms with Crippen LogP contribution in [0.25, 0.3) is 0 Å². The van der Waals surface area contributed by atoms with Crippen LogP contribution in [0.2, 0.25) is 0 Å². The minimum Gasteiger partial charge on any atom is -0.294 e. The monoisotopic (exact) mass is 341 g/mol. The molecule has 2 rings (SSSR count). The molecule has 0 atom stereocenters. The average Bonchev–Trinajstić information content (AvgIpc) is 2.52. The second-order valence-corrected chi connectivity index (χ2v) is 5.04. The molecular weight excluding hydrogens is 330 g/mol. The van der Waals surface area contributed by atoms with Crippen LogP contribution >= 0.6 is 0 Å². The molecule has 4 nitrogen and oxygen atoms in total. The zero-order valence-corrected chi connectivity index (χ0v) is 12.1. The number of hydrogen-bond donors (Lipinski definition) is 0. The highest BCUT2D eigenvalue weighted by Crippen LogP contribution is 2.33. The summed E-state index contributed by atoms with van der Waals surface area (Å²) >= 11 is 0. The second kappa shape index (κ2) is 6.77. The lowest BCUT2D eigenvalue weighted by Crippen LogP contribution is -2.10. The summed E-state index contributed by atoms with van der Waals surface area (Å²) in [4.78, 5) is 22.1. The third kappa shape index (κ3) is 4.15. The lowest BCUT2D eigenvalue weighted by Gasteiger charge is -2.08. The molecule has 24 heavy (non-hydrogen) atoms. The van der Waals surface area contributed by atoms with E-state index in [1.165, 1.54) is 24.3 Å². The Morgan fingerprint density at radius 2 is 1.71 bits per heavy atom. The van der Waals surface area contributed by atoms with Gasteiger partial charge in [-0.05, 0) is 36.2 Å². The van der Waals surface area contributed by atoms with Crippen LogP contribution < -0.4 is 0 Å². The van der Waals surface area contributed by atoms with Gasteiger partial charge in [0.1, 0.15) is 5.82 Å². The summed E-state index contributed by atoms with van der Waals surface area (Å²) in [6, 6.07) is 7.14. The quantitative estimate of drug-likeness (QED) is 0.346. The number of aryl methyl sites for hydroxylation is 1. The number of carbonyl (C=O) groups is 1. The molecule has 0 N–H and O–H groups in total. The van der Waals surface area contributed by atoms with Gasteiger partial charge in [0.15, 0.2) is 5.78 Å². The van der Waals surface area contributed by atoms with Gasteiger partial charge in [0.05, 0.1) is 16.1 Å². The van der Waals surface area contributed by atoms with E-state index in [9.17, 15) is 32.5 Å². The number of hydrogen-bond acceptors (Lipinski definition) is 3. The predicted octanol–water partition coefficient (Wildman–Crippen LogP) is 4.57. The van der Waals surface area contributed by atoms with Crippen molar-refractivity contribution in [2.24, 2.45) is 0 Å². The Bertz CT molecular complexity index is 770. The van der Waals surface area contributed by atoms with Crippen molar-refractivity contribution in [3.8, 4) is 0 Å². The molecular formula is C16H11F4NO3. The fourth-order valence-corrected chi connectivity index (χ4v) is 2.14. The van der Waals surface area contributed by atoms with Crippen molar-refractivity contribution in [1.82, 2.24) is 0 Å². The van der Waals surface area contributed by atoms with E-state index in [2.05, 4.69) is 0 Å². The molecule has 0 unspecified atom stereocenters. The van der Waals surface area contributed by atoms with Crippen molar-refractivity contribution in [3.05, 3.63) is 75.1 Å². The van der Waals surface area contributed by atoms with E-state index >= 15 is 0 Å². The van der Waals surface area contributed by atoms with Gasteiger partial charge in [0, 0.05) is 12.5 Å². The molecule has 0 heterocycles. The molecule has 0 aliphatic heterocycles. The first-order valence-corrected chi connectivity index (χ1v) is 6.82. The molecule has 2 aromatic rings. The van der Waals surface area contributed by atoms with Crippen molar-refractivity contribution < 1.29 is 27.3 Å². The molecule has 0 saturated heterocycles. The first-order valence-electron chi connectivity index (χ1n) is 6.82. The van der Waals surface area contributed by atoms with Crippen LogP contribution in [0.3, 0.4) is 0 Å². The van der Waals surface area contributed by atoms with Crippen LogP contribution in [0.15, 0.2) is 42.5 Å². The number of nitro groups is 1. The molecule has 0 aliphatic carbocycles. The van der Waals surface area contributed by atoms with Crippen LogP contribution in [0.1, 0.15) is 27.9 Å². The highest BCUT2D eigenvalue weighted by molar-refractivity contribution is 6.00. The second-order valence-electron chi connectivity index (χ2n) is 5.04. The Morgan fingerprint density at radius 1 is 1.08 bits per heavy atom. The van der Waals surface area contributed by atoms with Crippen LogP contribution in [-0.2, 0) is 12.6 Å². The highest BCUT2D eigenvalue weighted by Gasteiger charge is 2.33. The third-order valence-corrected chi connectivity index (χ3v) is 3.38. The topological polar surface area (TPSA) is 60.2 Å². The number of nitro benzene ring substituents is 1. The molecule has 0 bridgehead atoms. The zero-order valence-electron chi connectivity index (χ0n) is 12.1. The molecule has 2 aromatic carbocycles. The van der Waals surface area contributed by atoms with Crippen molar-refractivity contribution in [2.45, 2.75) is 19.0 Å². The molecule has 0 aliphatic rings. The summed E-state index contributed by atoms with van der Waals surface area (Å²) < 4.78 is 50.7. The van der Waals surface area contributed by atoms with E-state index < -0.39 is 34.0 Å². The van der Waals surface area contributed by atoms with E-state index in [-0.39, 0.29) is 18.4 Å². The van der Waals surface area contributed by atoms with Crippen LogP contribution in [0.5, 0.6) is 0 Å². The van der Waals surface area contributed by atoms with Crippen LogP contribution in [0.4, 0.5) is 23.2 Å². The smallest absolute Gasteiger partial charge is 0.294 e. The Morgan fingerprint density at radius 3 is 2.25 bits per heavy atom. The van der Waals surface area contributed by atoms with Crippen molar-refractivity contribution in [1.29, 1.82) is 0 Å². The van der Waals surface area contributed by atoms with E-state index in [1.54, 1.807) is 0 Å². The molecule has 0 amide bonds. The van der Waals surface area contributed by atoms with Gasteiger partial charge in [-0.25, -0.2) is 4.39 Å². The molecule has 0 aromatic heterocycles. The largest absolute Gasteiger partial charge is 0.416 e. The predicted molar refractivity (Wildman–Crippen MR) is 77.1 cm³/mol. The van der Waals surface area contributed by atoms with Crippen LogP contribution in [0, 0.1) is 15.9 Å². The van der Waals surface area contributed by atoms with Gasteiger partial charge >= 0.3 is 6.18 Å². The first kappa shape index (κ1) is 17.6. The summed E-state index contributed by atoms with van der Waals surface area (Å²) in [7, 11) is 0. The maximum atomic E-state index is 12.8. The molecule has 0 spiro atoms. The Labute approximate surface area is 133 Å². The molecule has 0 fully saturated rings. The van der Waals surface area contributed by atoms with Gasteiger partial charge < -0.3 is 0 Å². The number of benzene rings is 2. The summed E-state index contributed by atoms with van der Waals surface area (Å²) in [5.41, 5.74) is -1.81. The Kier molecular flexibility index (Phi) is 4.96. The number of ketones is 1. The van der Waals surface area contributed by atoms with Gasteiger partial charge in [0.25, 0.3) is 5.69 Å². The van der Waals surface area contributed by atoms with E-state index in [0.717, 1.165) is 6.07 Å². The molecule has 126 valence electrons. The number of Topliss-reactive ketones (excluding diaryl/α,β-unsaturated/α-hetero) is 1. The summed E-state index contributed by atoms with van der Waals surface area (Å²) in [6.45, 7) is 0. The lowest BCUT2D eigenvalue weighted by atomic mass is 10.00. The van der Waals surface area contributed by atoms with E-state index in [4.69, 9.17) is 0 Å². The van der Waals surface area contributed by atoms with Gasteiger partial charge in [-0.3, -0.25) is 14.9 Å². The first-order chi connectivity index (χ1) is 11.2. The van der Waals surface area contributed by atoms with Crippen molar-refractivity contribution in [3.63, 3.8) is 0 Å². The fraction of sp³-hybridized carbons (Fsp3) is 0.188. The number of rotatable bonds is 5. The third-order valence-electron chi connectivity index (χ3n) is 3.38. The summed E-state index contributed by atoms with van der Waals surface area (Å²) in [5, 5.41) is 11.0. The van der Waals surface area contributed by atoms with Crippen molar-refractivity contribution in [2.75, 3.05) is 0 Å².